The monoisotopic (exact) mass is 694 g/mol. The molecule has 6 rings (SSSR count). The highest BCUT2D eigenvalue weighted by Gasteiger charge is 2.51. The van der Waals surface area contributed by atoms with Gasteiger partial charge < -0.3 is 75.1 Å². The first-order valence-electron chi connectivity index (χ1n) is 15.7. The number of aromatic hydroxyl groups is 2. The number of carbonyl (C=O) groups is 2. The van der Waals surface area contributed by atoms with Gasteiger partial charge in [-0.1, -0.05) is 12.1 Å². The molecule has 0 aromatic heterocycles. The van der Waals surface area contributed by atoms with Crippen molar-refractivity contribution in [3.63, 3.8) is 0 Å². The van der Waals surface area contributed by atoms with Gasteiger partial charge in [0.2, 0.25) is 6.29 Å². The molecule has 0 spiro atoms. The molecule has 0 bridgehead atoms. The van der Waals surface area contributed by atoms with Gasteiger partial charge in [-0.25, -0.2) is 0 Å². The van der Waals surface area contributed by atoms with Crippen LogP contribution < -0.4 is 4.74 Å². The summed E-state index contributed by atoms with van der Waals surface area (Å²) in [6, 6.07) is 6.40. The molecule has 2 aliphatic heterocycles. The Hall–Kier alpha value is -3.30. The number of rotatable bonds is 7. The largest absolute Gasteiger partial charge is 0.507 e. The van der Waals surface area contributed by atoms with Crippen molar-refractivity contribution < 1.29 is 84.7 Å². The zero-order valence-electron chi connectivity index (χ0n) is 25.7. The Morgan fingerprint density at radius 2 is 1.20 bits per heavy atom. The smallest absolute Gasteiger partial charge is 0.229 e. The summed E-state index contributed by atoms with van der Waals surface area (Å²) in [6.45, 7) is -1.47. The molecule has 2 heterocycles. The number of aliphatic hydroxyl groups is 9. The van der Waals surface area contributed by atoms with Crippen LogP contribution in [0.3, 0.4) is 0 Å². The molecule has 4 aliphatic rings. The van der Waals surface area contributed by atoms with E-state index in [9.17, 15) is 65.8 Å². The van der Waals surface area contributed by atoms with Crippen molar-refractivity contribution in [3.05, 3.63) is 52.6 Å². The Morgan fingerprint density at radius 1 is 0.653 bits per heavy atom. The second kappa shape index (κ2) is 13.8. The number of hydrogen-bond donors (Lipinski definition) is 11. The number of ketones is 2. The van der Waals surface area contributed by atoms with E-state index in [0.29, 0.717) is 0 Å². The van der Waals surface area contributed by atoms with Crippen LogP contribution in [0.25, 0.3) is 0 Å². The number of ether oxygens (including phenoxy) is 4. The maximum atomic E-state index is 14.1. The Labute approximate surface area is 277 Å². The summed E-state index contributed by atoms with van der Waals surface area (Å²) in [5, 5.41) is 114. The summed E-state index contributed by atoms with van der Waals surface area (Å²) in [5.74, 6) is -5.32. The molecule has 2 fully saturated rings. The molecule has 0 saturated carbocycles. The maximum Gasteiger partial charge on any atom is 0.229 e. The molecule has 14 atom stereocenters. The molecule has 268 valence electrons. The third-order valence-corrected chi connectivity index (χ3v) is 9.77. The molecule has 11 N–H and O–H groups in total. The van der Waals surface area contributed by atoms with Crippen LogP contribution in [0.2, 0.25) is 0 Å². The fourth-order valence-electron chi connectivity index (χ4n) is 7.13. The number of aliphatic hydroxyl groups excluding tert-OH is 9. The van der Waals surface area contributed by atoms with Crippen LogP contribution in [-0.2, 0) is 14.2 Å². The van der Waals surface area contributed by atoms with E-state index in [2.05, 4.69) is 0 Å². The van der Waals surface area contributed by atoms with E-state index >= 15 is 0 Å². The molecule has 2 aromatic carbocycles. The first-order valence-corrected chi connectivity index (χ1v) is 15.7. The average molecular weight is 695 g/mol. The van der Waals surface area contributed by atoms with Crippen molar-refractivity contribution >= 4 is 11.6 Å². The van der Waals surface area contributed by atoms with Gasteiger partial charge in [0.1, 0.15) is 66.1 Å². The third kappa shape index (κ3) is 6.09. The highest BCUT2D eigenvalue weighted by Crippen LogP contribution is 2.50. The van der Waals surface area contributed by atoms with E-state index < -0.39 is 134 Å². The van der Waals surface area contributed by atoms with Gasteiger partial charge in [0.15, 0.2) is 17.9 Å². The highest BCUT2D eigenvalue weighted by molar-refractivity contribution is 6.09. The fraction of sp³-hybridized carbons (Fsp3) is 0.562. The van der Waals surface area contributed by atoms with Crippen LogP contribution in [0, 0.1) is 11.8 Å². The summed E-state index contributed by atoms with van der Waals surface area (Å²) in [5.41, 5.74) is -0.655. The molecule has 2 aliphatic carbocycles. The number of Topliss-reactive ketones (excluding diaryl/α,β-unsaturated/α-hetero) is 2. The minimum Gasteiger partial charge on any atom is -0.507 e. The Kier molecular flexibility index (Phi) is 9.99. The normalized spacial score (nSPS) is 39.3. The lowest BCUT2D eigenvalue weighted by Crippen LogP contribution is -2.60. The number of carbonyl (C=O) groups excluding carboxylic acids is 2. The van der Waals surface area contributed by atoms with Gasteiger partial charge in [0.25, 0.3) is 0 Å². The van der Waals surface area contributed by atoms with Crippen LogP contribution >= 0.6 is 0 Å². The Balaban J connectivity index is 1.31. The summed E-state index contributed by atoms with van der Waals surface area (Å²) < 4.78 is 22.6. The van der Waals surface area contributed by atoms with Crippen LogP contribution in [-0.4, -0.2) is 142 Å². The van der Waals surface area contributed by atoms with Gasteiger partial charge in [-0.3, -0.25) is 9.59 Å². The first-order chi connectivity index (χ1) is 23.3. The molecule has 0 amide bonds. The summed E-state index contributed by atoms with van der Waals surface area (Å²) >= 11 is 0. The summed E-state index contributed by atoms with van der Waals surface area (Å²) in [6.07, 6.45) is -19.8. The Morgan fingerprint density at radius 3 is 1.84 bits per heavy atom. The minimum atomic E-state index is -1.82. The van der Waals surface area contributed by atoms with Crippen LogP contribution in [0.4, 0.5) is 0 Å². The van der Waals surface area contributed by atoms with E-state index in [4.69, 9.17) is 18.9 Å². The molecule has 2 aromatic rings. The second-order valence-corrected chi connectivity index (χ2v) is 12.7. The molecule has 1 unspecified atom stereocenters. The average Bonchev–Trinajstić information content (AvgIpc) is 3.08. The fourth-order valence-corrected chi connectivity index (χ4v) is 7.13. The van der Waals surface area contributed by atoms with E-state index in [1.165, 1.54) is 24.3 Å². The number of phenols is 2. The topological polar surface area (TPSA) is 294 Å². The Bertz CT molecular complexity index is 1560. The maximum absolute atomic E-state index is 14.1. The van der Waals surface area contributed by atoms with Gasteiger partial charge in [-0.05, 0) is 36.6 Å². The van der Waals surface area contributed by atoms with E-state index in [0.717, 1.165) is 6.07 Å². The molecular weight excluding hydrogens is 656 g/mol. The molecule has 49 heavy (non-hydrogen) atoms. The lowest BCUT2D eigenvalue weighted by molar-refractivity contribution is -0.313. The van der Waals surface area contributed by atoms with E-state index in [-0.39, 0.29) is 28.9 Å². The van der Waals surface area contributed by atoms with Crippen LogP contribution in [0.15, 0.2) is 30.3 Å². The quantitative estimate of drug-likeness (QED) is 0.140. The van der Waals surface area contributed by atoms with Crippen molar-refractivity contribution in [2.24, 2.45) is 11.8 Å². The third-order valence-electron chi connectivity index (χ3n) is 9.77. The predicted octanol–water partition coefficient (Wildman–Crippen LogP) is -2.73. The minimum absolute atomic E-state index is 0.167. The number of phenolic OH excluding ortho intramolecular Hbond substituents is 2. The summed E-state index contributed by atoms with van der Waals surface area (Å²) in [7, 11) is 0. The van der Waals surface area contributed by atoms with Gasteiger partial charge in [-0.2, -0.15) is 0 Å². The molecule has 17 nitrogen and oxygen atoms in total. The van der Waals surface area contributed by atoms with E-state index in [1.54, 1.807) is 0 Å². The van der Waals surface area contributed by atoms with Crippen LogP contribution in [0.1, 0.15) is 56.9 Å². The van der Waals surface area contributed by atoms with Crippen molar-refractivity contribution in [2.45, 2.75) is 86.5 Å². The van der Waals surface area contributed by atoms with Gasteiger partial charge in [0, 0.05) is 17.4 Å². The van der Waals surface area contributed by atoms with Crippen molar-refractivity contribution in [1.82, 2.24) is 0 Å². The lowest BCUT2D eigenvalue weighted by atomic mass is 9.67. The first kappa shape index (κ1) is 35.5. The van der Waals surface area contributed by atoms with Crippen molar-refractivity contribution in [3.8, 4) is 17.2 Å². The van der Waals surface area contributed by atoms with Gasteiger partial charge in [-0.15, -0.1) is 0 Å². The number of benzene rings is 2. The SMILES string of the molecule is O=C1c2c(O)ccc(O[C@@H]3O[C@H](CO)[C@@H](O)[C@H](O)[C@H]3O)c2[C@@H](O)CC1[C@H]1C[C@H](O[C@@H]2O[C@H](CO)[C@@H](O)[C@H](O)[C@H]2O)c2cccc(O)c2C1=O. The number of fused-ring (bicyclic) bond motifs is 2. The van der Waals surface area contributed by atoms with Gasteiger partial charge >= 0.3 is 0 Å². The summed E-state index contributed by atoms with van der Waals surface area (Å²) in [4.78, 5) is 28.0. The predicted molar refractivity (Wildman–Crippen MR) is 158 cm³/mol. The molecule has 17 heteroatoms. The second-order valence-electron chi connectivity index (χ2n) is 12.7. The lowest BCUT2D eigenvalue weighted by Gasteiger charge is -2.43. The molecular formula is C32H38O17. The molecule has 2 saturated heterocycles. The standard InChI is InChI=1S/C32H38O17/c33-8-18-25(40)27(42)29(44)31(48-18)46-16-5-4-14(36)22-21(16)15(37)6-11(24(22)39)12-7-17(10-2-1-3-13(35)20(10)23(12)38)47-32-30(45)28(43)26(41)19(9-34)49-32/h1-5,11-12,15,17-19,25-37,40-45H,6-9H2/t11?,12-,15+,17+,18-,19-,25-,26-,27+,28+,29-,30-,31-,32-/m1/s1. The van der Waals surface area contributed by atoms with Crippen molar-refractivity contribution in [2.75, 3.05) is 13.2 Å². The number of hydrogen-bond acceptors (Lipinski definition) is 17. The zero-order chi connectivity index (χ0) is 35.5. The van der Waals surface area contributed by atoms with E-state index in [1.807, 2.05) is 0 Å². The highest BCUT2D eigenvalue weighted by atomic mass is 16.7. The molecule has 0 radical (unpaired) electrons. The van der Waals surface area contributed by atoms with Gasteiger partial charge in [0.05, 0.1) is 36.5 Å². The zero-order valence-corrected chi connectivity index (χ0v) is 25.7. The van der Waals surface area contributed by atoms with Crippen molar-refractivity contribution in [1.29, 1.82) is 0 Å². The van der Waals surface area contributed by atoms with Crippen LogP contribution in [0.5, 0.6) is 17.2 Å².